The Morgan fingerprint density at radius 3 is 1.36 bits per heavy atom. The van der Waals surface area contributed by atoms with Gasteiger partial charge in [-0.1, -0.05) is 50.0 Å². The molecule has 26 nitrogen and oxygen atoms in total. The van der Waals surface area contributed by atoms with Gasteiger partial charge in [0.05, 0.1) is 42.2 Å². The smallest absolute Gasteiger partial charge is 0.870 e. The summed E-state index contributed by atoms with van der Waals surface area (Å²) in [4.78, 5) is 140. The van der Waals surface area contributed by atoms with Crippen LogP contribution in [0.2, 0.25) is 0 Å². The molecule has 10 atom stereocenters. The minimum Gasteiger partial charge on any atom is -0.870 e. The van der Waals surface area contributed by atoms with Crippen LogP contribution < -0.4 is 51.2 Å². The van der Waals surface area contributed by atoms with Gasteiger partial charge in [-0.05, 0) is 189 Å². The van der Waals surface area contributed by atoms with Gasteiger partial charge in [-0.15, -0.1) is 0 Å². The fourth-order valence-electron chi connectivity index (χ4n) is 13.8. The first kappa shape index (κ1) is 80.6. The van der Waals surface area contributed by atoms with E-state index in [2.05, 4.69) is 31.5 Å². The van der Waals surface area contributed by atoms with Gasteiger partial charge < -0.3 is 61.3 Å². The predicted molar refractivity (Wildman–Crippen MR) is 387 cm³/mol. The number of amides is 6. The Hall–Kier alpha value is -8.08. The Balaban J connectivity index is 0.000000254. The number of ether oxygens (including phenoxy) is 3. The van der Waals surface area contributed by atoms with E-state index in [0.29, 0.717) is 54.4 Å². The average Bonchev–Trinajstić information content (AvgIpc) is 1.60. The van der Waals surface area contributed by atoms with Gasteiger partial charge in [0.15, 0.2) is 0 Å². The van der Waals surface area contributed by atoms with E-state index in [1.54, 1.807) is 60.9 Å². The molecule has 12 rings (SSSR count). The number of alkyl carbamates (subject to hydrolysis) is 2. The van der Waals surface area contributed by atoms with Gasteiger partial charge >= 0.3 is 43.0 Å². The number of nitrogens with zero attached hydrogens (tertiary/aromatic N) is 6. The Bertz CT molecular complexity index is 4170. The Morgan fingerprint density at radius 1 is 0.592 bits per heavy atom. The molecule has 103 heavy (non-hydrogen) atoms. The zero-order valence-corrected chi connectivity index (χ0v) is 62.3. The fraction of sp³-hybridized carbons (Fsp3) is 0.500. The molecule has 0 spiro atoms. The summed E-state index contributed by atoms with van der Waals surface area (Å²) in [6.07, 6.45) is 17.0. The number of carboxylic acids is 1. The summed E-state index contributed by atoms with van der Waals surface area (Å²) in [5.41, 5.74) is 0.577. The zero-order chi connectivity index (χ0) is 71.3. The fourth-order valence-corrected chi connectivity index (χ4v) is 16.4. The van der Waals surface area contributed by atoms with E-state index in [0.717, 1.165) is 60.8 Å². The van der Waals surface area contributed by atoms with Crippen molar-refractivity contribution in [2.75, 3.05) is 19.7 Å². The number of hydrogen-bond acceptors (Lipinski definition) is 20. The standard InChI is InChI=1S/C37H45N5O7S2.C35H41N5O7S2.Li.2H2O/c1-5-48-34(46)37-18-25(37)11-9-7-6-8-10-12-28(39-35(47)49-36(2,3)4)32(44)41-20-26(17-29(41)31(43)40-37)42-33(45)30(24-14-16-51-22-24)27(19-38-42)23-13-15-50-21-23;1-34(2,3)47-33(46)37-26-10-8-6-4-5-7-9-23-16-35(23,32(44)45)38-29(41)27-15-24(18-39(27)30(26)42)40-31(43)28(22-12-14-49-20-22)25(17-36-40)21-11-13-48-19-21;;;/h9,11,13-16,19,21-22,25-26,28-29H,5-8,10,12,17-18,20H2,1-4H3,(H,39,47)(H,40,43);7,9,11-14,17,19-20,23-24,26-27H,4-6,8,10,15-16,18H2,1-3H3,(H,37,46)(H,38,41)(H,44,45);;2*1H2/q;;+1;;/p-1/b11-9-;9-7-;;;/t25-,26-,28+,29+,37-;23-,24-,26+,27+,35-;;;/m11.../s1. The molecule has 4 aliphatic heterocycles. The number of aromatic nitrogens is 4. The van der Waals surface area contributed by atoms with Crippen LogP contribution >= 0.6 is 45.3 Å². The number of esters is 1. The average molecular weight is 1490 g/mol. The second-order valence-electron chi connectivity index (χ2n) is 28.3. The second-order valence-corrected chi connectivity index (χ2v) is 31.4. The van der Waals surface area contributed by atoms with Gasteiger partial charge in [0.25, 0.3) is 11.1 Å². The van der Waals surface area contributed by atoms with Crippen molar-refractivity contribution in [2.45, 2.75) is 197 Å². The summed E-state index contributed by atoms with van der Waals surface area (Å²) in [5.74, 6) is -4.38. The van der Waals surface area contributed by atoms with Crippen molar-refractivity contribution in [3.8, 4) is 44.5 Å². The summed E-state index contributed by atoms with van der Waals surface area (Å²) in [6, 6.07) is 2.12. The summed E-state index contributed by atoms with van der Waals surface area (Å²) in [7, 11) is 0. The van der Waals surface area contributed by atoms with Crippen LogP contribution in [0.25, 0.3) is 44.5 Å². The van der Waals surface area contributed by atoms with Crippen LogP contribution in [0, 0.1) is 11.8 Å². The molecular formula is C72H89LiN10O16S4. The van der Waals surface area contributed by atoms with Gasteiger partial charge in [-0.25, -0.2) is 28.5 Å². The molecule has 6 amide bonds. The van der Waals surface area contributed by atoms with Crippen LogP contribution in [0.1, 0.15) is 150 Å². The number of fused-ring (bicyclic) bond motifs is 4. The number of thiophene rings is 4. The molecule has 10 heterocycles. The number of rotatable bonds is 11. The van der Waals surface area contributed by atoms with Crippen LogP contribution in [-0.2, 0) is 43.0 Å². The summed E-state index contributed by atoms with van der Waals surface area (Å²) in [6.45, 7) is 12.2. The molecule has 6 aliphatic rings. The van der Waals surface area contributed by atoms with Crippen LogP contribution in [0.5, 0.6) is 0 Å². The maximum atomic E-state index is 14.5. The third kappa shape index (κ3) is 18.5. The number of allylic oxidation sites excluding steroid dienone is 2. The molecule has 0 aromatic carbocycles. The molecule has 6 aromatic heterocycles. The molecule has 8 N–H and O–H groups in total. The Morgan fingerprint density at radius 2 is 0.981 bits per heavy atom. The molecule has 4 fully saturated rings. The normalized spacial score (nSPS) is 25.7. The van der Waals surface area contributed by atoms with E-state index in [1.807, 2.05) is 91.6 Å². The van der Waals surface area contributed by atoms with Crippen molar-refractivity contribution < 1.29 is 87.5 Å². The topological polar surface area (TPSA) is 370 Å². The van der Waals surface area contributed by atoms with Gasteiger partial charge in [0, 0.05) is 48.9 Å². The van der Waals surface area contributed by atoms with Crippen molar-refractivity contribution in [3.63, 3.8) is 0 Å². The number of carbonyl (C=O) groups excluding carboxylic acids is 7. The van der Waals surface area contributed by atoms with Crippen LogP contribution in [0.15, 0.2) is 114 Å². The molecule has 0 unspecified atom stereocenters. The summed E-state index contributed by atoms with van der Waals surface area (Å²) >= 11 is 5.97. The first-order valence-electron chi connectivity index (χ1n) is 34.1. The Kier molecular flexibility index (Phi) is 26.8. The minimum atomic E-state index is -1.47. The van der Waals surface area contributed by atoms with Gasteiger partial charge in [0.1, 0.15) is 46.4 Å². The van der Waals surface area contributed by atoms with E-state index >= 15 is 0 Å². The Labute approximate surface area is 624 Å². The molecule has 2 saturated carbocycles. The quantitative estimate of drug-likeness (QED) is 0.0380. The van der Waals surface area contributed by atoms with E-state index in [-0.39, 0.29) is 91.7 Å². The molecule has 548 valence electrons. The molecular weight excluding hydrogens is 1400 g/mol. The van der Waals surface area contributed by atoms with Gasteiger partial charge in [-0.2, -0.15) is 55.5 Å². The monoisotopic (exact) mass is 1480 g/mol. The number of aliphatic carboxylic acids is 1. The molecule has 2 saturated heterocycles. The maximum Gasteiger partial charge on any atom is 1.00 e. The van der Waals surface area contributed by atoms with Crippen molar-refractivity contribution in [2.24, 2.45) is 11.8 Å². The SMILES string of the molecule is CC(C)(C)OC(=O)N[C@H]1CCCCC/C=C\[C@@H]2C[C@@]2(C(=O)O)NC(=O)[C@@H]2C[C@@H](n3ncc(-c4ccsc4)c(-c4ccsc4)c3=O)CN2C1=O.CCOC(=O)[C@@]12C[C@H]1/C=C\CCCCC[C@H](NC(=O)OC(C)(C)C)C(=O)N1C[C@H](n3ncc(-c4ccsc4)c(-c4ccsc4)c3=O)C[C@H]1C(=O)N2.O.[Li+].[OH-]. The van der Waals surface area contributed by atoms with Crippen molar-refractivity contribution >= 4 is 93.1 Å². The van der Waals surface area contributed by atoms with Gasteiger partial charge in [0.2, 0.25) is 23.6 Å². The van der Waals surface area contributed by atoms with E-state index in [9.17, 15) is 53.1 Å². The number of carboxylic acid groups (broad SMARTS) is 1. The van der Waals surface area contributed by atoms with Crippen molar-refractivity contribution in [3.05, 3.63) is 125 Å². The minimum absolute atomic E-state index is 0. The number of carbonyl (C=O) groups is 8. The van der Waals surface area contributed by atoms with Crippen LogP contribution in [0.3, 0.4) is 0 Å². The second kappa shape index (κ2) is 34.2. The third-order valence-corrected chi connectivity index (χ3v) is 21.6. The molecule has 6 aromatic rings. The van der Waals surface area contributed by atoms with Crippen molar-refractivity contribution in [1.82, 2.24) is 50.6 Å². The van der Waals surface area contributed by atoms with Crippen LogP contribution in [-0.4, -0.2) is 159 Å². The van der Waals surface area contributed by atoms with E-state index < -0.39 is 106 Å². The van der Waals surface area contributed by atoms with E-state index in [1.165, 1.54) is 64.5 Å². The number of hydrogen-bond donors (Lipinski definition) is 5. The zero-order valence-electron chi connectivity index (χ0n) is 59.0. The summed E-state index contributed by atoms with van der Waals surface area (Å²) in [5, 5.41) is 46.0. The third-order valence-electron chi connectivity index (χ3n) is 18.9. The van der Waals surface area contributed by atoms with Crippen molar-refractivity contribution in [1.29, 1.82) is 0 Å². The summed E-state index contributed by atoms with van der Waals surface area (Å²) < 4.78 is 19.1. The molecule has 31 heteroatoms. The first-order chi connectivity index (χ1) is 47.8. The molecule has 0 radical (unpaired) electrons. The first-order valence-corrected chi connectivity index (χ1v) is 37.9. The largest absolute Gasteiger partial charge is 1.00 e. The predicted octanol–water partition coefficient (Wildman–Crippen LogP) is 6.91. The number of nitrogens with one attached hydrogen (secondary N) is 4. The maximum absolute atomic E-state index is 14.5. The molecule has 2 aliphatic carbocycles. The van der Waals surface area contributed by atoms with Gasteiger partial charge in [-0.3, -0.25) is 28.8 Å². The van der Waals surface area contributed by atoms with Crippen LogP contribution in [0.4, 0.5) is 9.59 Å². The van der Waals surface area contributed by atoms with E-state index in [4.69, 9.17) is 14.2 Å². The molecule has 0 bridgehead atoms.